The molecule has 2 rings (SSSR count). The number of hydrogen-bond donors (Lipinski definition) is 1. The van der Waals surface area contributed by atoms with Crippen molar-refractivity contribution in [1.82, 2.24) is 14.8 Å². The smallest absolute Gasteiger partial charge is 0.313 e. The molecule has 0 saturated carbocycles. The molecule has 0 aliphatic carbocycles. The summed E-state index contributed by atoms with van der Waals surface area (Å²) >= 11 is 1.23. The Labute approximate surface area is 122 Å². The van der Waals surface area contributed by atoms with Crippen LogP contribution in [0.5, 0.6) is 0 Å². The van der Waals surface area contributed by atoms with Crippen LogP contribution in [0.4, 0.5) is 0 Å². The first-order chi connectivity index (χ1) is 9.70. The van der Waals surface area contributed by atoms with Crippen molar-refractivity contribution in [3.8, 4) is 0 Å². The van der Waals surface area contributed by atoms with Crippen LogP contribution in [-0.4, -0.2) is 44.3 Å². The maximum Gasteiger partial charge on any atom is 0.313 e. The Morgan fingerprint density at radius 3 is 3.00 bits per heavy atom. The quantitative estimate of drug-likeness (QED) is 0.776. The highest BCUT2D eigenvalue weighted by molar-refractivity contribution is 7.99. The van der Waals surface area contributed by atoms with Crippen molar-refractivity contribution < 1.29 is 14.6 Å². The lowest BCUT2D eigenvalue weighted by Crippen LogP contribution is -2.23. The highest BCUT2D eigenvalue weighted by atomic mass is 32.2. The van der Waals surface area contributed by atoms with Gasteiger partial charge < -0.3 is 14.4 Å². The summed E-state index contributed by atoms with van der Waals surface area (Å²) in [5.74, 6) is 0.0896. The number of hydrogen-bond acceptors (Lipinski definition) is 5. The third-order valence-corrected chi connectivity index (χ3v) is 4.20. The molecule has 1 aliphatic heterocycles. The molecule has 1 fully saturated rings. The zero-order chi connectivity index (χ0) is 14.4. The maximum absolute atomic E-state index is 10.7. The summed E-state index contributed by atoms with van der Waals surface area (Å²) in [6.07, 6.45) is 5.36. The van der Waals surface area contributed by atoms with Gasteiger partial charge in [-0.15, -0.1) is 10.2 Å². The standard InChI is InChI=1S/C13H21N3O3S/c1-2-6-16-11(8-10-5-3-4-7-19-10)14-15-13(16)20-9-12(17)18/h10H,2-9H2,1H3,(H,17,18). The second-order valence-corrected chi connectivity index (χ2v) is 5.87. The molecular weight excluding hydrogens is 278 g/mol. The topological polar surface area (TPSA) is 77.2 Å². The molecule has 1 saturated heterocycles. The second-order valence-electron chi connectivity index (χ2n) is 4.93. The minimum absolute atomic E-state index is 0.0157. The van der Waals surface area contributed by atoms with Crippen LogP contribution < -0.4 is 0 Å². The van der Waals surface area contributed by atoms with Crippen LogP contribution in [0.3, 0.4) is 0 Å². The van der Waals surface area contributed by atoms with Gasteiger partial charge in [0, 0.05) is 19.6 Å². The van der Waals surface area contributed by atoms with Crippen LogP contribution in [0.15, 0.2) is 5.16 Å². The van der Waals surface area contributed by atoms with E-state index in [0.29, 0.717) is 5.16 Å². The Morgan fingerprint density at radius 1 is 1.50 bits per heavy atom. The highest BCUT2D eigenvalue weighted by Crippen LogP contribution is 2.21. The molecule has 1 unspecified atom stereocenters. The van der Waals surface area contributed by atoms with Crippen LogP contribution in [0, 0.1) is 0 Å². The van der Waals surface area contributed by atoms with Crippen LogP contribution in [0.1, 0.15) is 38.4 Å². The molecule has 1 atom stereocenters. The number of carbonyl (C=O) groups is 1. The van der Waals surface area contributed by atoms with E-state index < -0.39 is 5.97 Å². The van der Waals surface area contributed by atoms with E-state index in [2.05, 4.69) is 17.1 Å². The normalized spacial score (nSPS) is 19.1. The molecule has 0 radical (unpaired) electrons. The van der Waals surface area contributed by atoms with Gasteiger partial charge in [0.25, 0.3) is 0 Å². The number of carboxylic acid groups (broad SMARTS) is 1. The molecular formula is C13H21N3O3S. The van der Waals surface area contributed by atoms with Gasteiger partial charge in [0.15, 0.2) is 5.16 Å². The Hall–Kier alpha value is -1.08. The van der Waals surface area contributed by atoms with Gasteiger partial charge in [0.05, 0.1) is 11.9 Å². The van der Waals surface area contributed by atoms with E-state index in [9.17, 15) is 4.79 Å². The lowest BCUT2D eigenvalue weighted by Gasteiger charge is -2.22. The number of aliphatic carboxylic acids is 1. The Kier molecular flexibility index (Phi) is 5.85. The van der Waals surface area contributed by atoms with Gasteiger partial charge in [-0.1, -0.05) is 18.7 Å². The molecule has 0 spiro atoms. The van der Waals surface area contributed by atoms with Crippen molar-refractivity contribution >= 4 is 17.7 Å². The summed E-state index contributed by atoms with van der Waals surface area (Å²) in [5, 5.41) is 17.8. The third kappa shape index (κ3) is 4.21. The fourth-order valence-corrected chi connectivity index (χ4v) is 3.03. The monoisotopic (exact) mass is 299 g/mol. The van der Waals surface area contributed by atoms with E-state index in [-0.39, 0.29) is 11.9 Å². The summed E-state index contributed by atoms with van der Waals surface area (Å²) < 4.78 is 7.77. The highest BCUT2D eigenvalue weighted by Gasteiger charge is 2.20. The zero-order valence-electron chi connectivity index (χ0n) is 11.7. The first-order valence-corrected chi connectivity index (χ1v) is 8.07. The first-order valence-electron chi connectivity index (χ1n) is 7.09. The number of ether oxygens (including phenoxy) is 1. The fourth-order valence-electron chi connectivity index (χ4n) is 2.32. The average molecular weight is 299 g/mol. The van der Waals surface area contributed by atoms with Gasteiger partial charge >= 0.3 is 5.97 Å². The Bertz CT molecular complexity index is 444. The predicted octanol–water partition coefficient (Wildman–Crippen LogP) is 1.98. The lowest BCUT2D eigenvalue weighted by atomic mass is 10.1. The molecule has 2 heterocycles. The second kappa shape index (κ2) is 7.64. The zero-order valence-corrected chi connectivity index (χ0v) is 12.6. The SMILES string of the molecule is CCCn1c(CC2CCCCO2)nnc1SCC(=O)O. The van der Waals surface area contributed by atoms with Crippen LogP contribution in [0.25, 0.3) is 0 Å². The number of nitrogens with zero attached hydrogens (tertiary/aromatic N) is 3. The number of thioether (sulfide) groups is 1. The van der Waals surface area contributed by atoms with Gasteiger partial charge in [-0.3, -0.25) is 4.79 Å². The van der Waals surface area contributed by atoms with E-state index in [1.165, 1.54) is 18.2 Å². The summed E-state index contributed by atoms with van der Waals surface area (Å²) in [5.41, 5.74) is 0. The molecule has 0 aromatic carbocycles. The van der Waals surface area contributed by atoms with E-state index >= 15 is 0 Å². The number of rotatable bonds is 7. The van der Waals surface area contributed by atoms with Gasteiger partial charge in [0.1, 0.15) is 5.82 Å². The van der Waals surface area contributed by atoms with E-state index in [4.69, 9.17) is 9.84 Å². The Balaban J connectivity index is 2.04. The minimum atomic E-state index is -0.835. The van der Waals surface area contributed by atoms with Crippen molar-refractivity contribution in [2.45, 2.75) is 56.8 Å². The van der Waals surface area contributed by atoms with Crippen LogP contribution >= 0.6 is 11.8 Å². The van der Waals surface area contributed by atoms with E-state index in [0.717, 1.165) is 44.7 Å². The van der Waals surface area contributed by atoms with Crippen molar-refractivity contribution in [3.63, 3.8) is 0 Å². The van der Waals surface area contributed by atoms with Crippen molar-refractivity contribution in [2.24, 2.45) is 0 Å². The van der Waals surface area contributed by atoms with Crippen molar-refractivity contribution in [2.75, 3.05) is 12.4 Å². The van der Waals surface area contributed by atoms with Gasteiger partial charge in [-0.05, 0) is 25.7 Å². The van der Waals surface area contributed by atoms with E-state index in [1.54, 1.807) is 0 Å². The molecule has 1 aliphatic rings. The molecule has 6 nitrogen and oxygen atoms in total. The van der Waals surface area contributed by atoms with Crippen molar-refractivity contribution in [1.29, 1.82) is 0 Å². The molecule has 112 valence electrons. The Morgan fingerprint density at radius 2 is 2.35 bits per heavy atom. The number of aromatic nitrogens is 3. The predicted molar refractivity (Wildman–Crippen MR) is 76.0 cm³/mol. The summed E-state index contributed by atoms with van der Waals surface area (Å²) in [6, 6.07) is 0. The van der Waals surface area contributed by atoms with Gasteiger partial charge in [-0.2, -0.15) is 0 Å². The molecule has 0 amide bonds. The average Bonchev–Trinajstić information content (AvgIpc) is 2.81. The lowest BCUT2D eigenvalue weighted by molar-refractivity contribution is -0.133. The molecule has 7 heteroatoms. The van der Waals surface area contributed by atoms with Crippen LogP contribution in [-0.2, 0) is 22.5 Å². The molecule has 20 heavy (non-hydrogen) atoms. The van der Waals surface area contributed by atoms with Crippen molar-refractivity contribution in [3.05, 3.63) is 5.82 Å². The van der Waals surface area contributed by atoms with Gasteiger partial charge in [-0.25, -0.2) is 0 Å². The molecule has 0 bridgehead atoms. The summed E-state index contributed by atoms with van der Waals surface area (Å²) in [4.78, 5) is 10.7. The third-order valence-electron chi connectivity index (χ3n) is 3.25. The summed E-state index contributed by atoms with van der Waals surface area (Å²) in [6.45, 7) is 3.73. The first kappa shape index (κ1) is 15.3. The molecule has 1 aromatic heterocycles. The number of carboxylic acids is 1. The summed E-state index contributed by atoms with van der Waals surface area (Å²) in [7, 11) is 0. The minimum Gasteiger partial charge on any atom is -0.481 e. The molecule has 1 N–H and O–H groups in total. The van der Waals surface area contributed by atoms with Crippen LogP contribution in [0.2, 0.25) is 0 Å². The molecule has 1 aromatic rings. The van der Waals surface area contributed by atoms with E-state index in [1.807, 2.05) is 4.57 Å². The maximum atomic E-state index is 10.7. The van der Waals surface area contributed by atoms with Gasteiger partial charge in [0.2, 0.25) is 0 Å². The largest absolute Gasteiger partial charge is 0.481 e. The fraction of sp³-hybridized carbons (Fsp3) is 0.769.